The third kappa shape index (κ3) is 3.49. The van der Waals surface area contributed by atoms with E-state index in [1.807, 2.05) is 36.4 Å². The normalized spacial score (nSPS) is 14.8. The monoisotopic (exact) mass is 332 g/mol. The van der Waals surface area contributed by atoms with Crippen LogP contribution in [0.1, 0.15) is 30.7 Å². The van der Waals surface area contributed by atoms with Crippen molar-refractivity contribution in [3.05, 3.63) is 93.3 Å². The first kappa shape index (κ1) is 16.6. The summed E-state index contributed by atoms with van der Waals surface area (Å²) in [6.45, 7) is 1.57. The van der Waals surface area contributed by atoms with E-state index in [2.05, 4.69) is 17.3 Å². The minimum atomic E-state index is -0.880. The van der Waals surface area contributed by atoms with Crippen molar-refractivity contribution in [1.29, 1.82) is 0 Å². The molecular formula is C20H16N2O3. The second-order valence-corrected chi connectivity index (χ2v) is 5.66. The Hall–Kier alpha value is -3.23. The highest BCUT2D eigenvalue weighted by Crippen LogP contribution is 2.26. The third-order valence-electron chi connectivity index (χ3n) is 3.89. The molecule has 3 rings (SSSR count). The lowest BCUT2D eigenvalue weighted by Crippen LogP contribution is -2.13. The van der Waals surface area contributed by atoms with Crippen molar-refractivity contribution in [3.8, 4) is 0 Å². The minimum absolute atomic E-state index is 0.201. The van der Waals surface area contributed by atoms with Crippen molar-refractivity contribution in [2.75, 3.05) is 0 Å². The van der Waals surface area contributed by atoms with Crippen LogP contribution >= 0.6 is 0 Å². The van der Waals surface area contributed by atoms with Crippen molar-refractivity contribution in [2.45, 2.75) is 19.4 Å². The summed E-state index contributed by atoms with van der Waals surface area (Å²) < 4.78 is 1.62. The molecule has 2 aromatic rings. The summed E-state index contributed by atoms with van der Waals surface area (Å²) in [4.78, 5) is 22.8. The number of hydrogen-bond acceptors (Lipinski definition) is 4. The Labute approximate surface area is 145 Å². The van der Waals surface area contributed by atoms with Crippen molar-refractivity contribution >= 4 is 17.0 Å². The van der Waals surface area contributed by atoms with Gasteiger partial charge in [0.2, 0.25) is 5.43 Å². The molecule has 0 fully saturated rings. The Morgan fingerprint density at radius 3 is 2.92 bits per heavy atom. The number of hydrogen-bond donors (Lipinski definition) is 1. The molecule has 1 aliphatic carbocycles. The molecule has 1 atom stereocenters. The number of nitroso groups, excluding NO2 is 1. The van der Waals surface area contributed by atoms with Gasteiger partial charge in [-0.2, -0.15) is 0 Å². The maximum Gasteiger partial charge on any atom is 0.211 e. The summed E-state index contributed by atoms with van der Waals surface area (Å²) >= 11 is 0. The van der Waals surface area contributed by atoms with Crippen LogP contribution in [0, 0.1) is 17.0 Å². The van der Waals surface area contributed by atoms with E-state index in [-0.39, 0.29) is 5.69 Å². The smallest absolute Gasteiger partial charge is 0.211 e. The molecule has 0 amide bonds. The zero-order chi connectivity index (χ0) is 17.8. The molecule has 5 nitrogen and oxygen atoms in total. The maximum atomic E-state index is 11.9. The molecule has 1 unspecified atom stereocenters. The Kier molecular flexibility index (Phi) is 4.73. The van der Waals surface area contributed by atoms with E-state index in [9.17, 15) is 14.8 Å². The molecular weight excluding hydrogens is 316 g/mol. The molecule has 25 heavy (non-hydrogen) atoms. The number of aromatic nitrogens is 1. The quantitative estimate of drug-likeness (QED) is 0.866. The highest BCUT2D eigenvalue weighted by atomic mass is 16.3. The molecule has 124 valence electrons. The van der Waals surface area contributed by atoms with Crippen molar-refractivity contribution < 1.29 is 5.11 Å². The van der Waals surface area contributed by atoms with E-state index < -0.39 is 11.5 Å². The van der Waals surface area contributed by atoms with Gasteiger partial charge in [0.1, 0.15) is 0 Å². The van der Waals surface area contributed by atoms with Crippen LogP contribution in [0.3, 0.4) is 0 Å². The number of rotatable bonds is 4. The van der Waals surface area contributed by atoms with Crippen LogP contribution in [-0.4, -0.2) is 9.67 Å². The lowest BCUT2D eigenvalue weighted by molar-refractivity contribution is 0.192. The van der Waals surface area contributed by atoms with Gasteiger partial charge >= 0.3 is 0 Å². The summed E-state index contributed by atoms with van der Waals surface area (Å²) in [5, 5.41) is 12.8. The zero-order valence-corrected chi connectivity index (χ0v) is 13.6. The van der Waals surface area contributed by atoms with Gasteiger partial charge in [-0.25, -0.2) is 0 Å². The van der Waals surface area contributed by atoms with Crippen molar-refractivity contribution in [2.24, 2.45) is 5.18 Å². The van der Waals surface area contributed by atoms with Crippen LogP contribution in [-0.2, 0) is 0 Å². The van der Waals surface area contributed by atoms with E-state index >= 15 is 0 Å². The van der Waals surface area contributed by atoms with Gasteiger partial charge < -0.3 is 9.67 Å². The van der Waals surface area contributed by atoms with Gasteiger partial charge in [0.25, 0.3) is 0 Å². The first-order valence-corrected chi connectivity index (χ1v) is 7.85. The second-order valence-electron chi connectivity index (χ2n) is 5.66. The zero-order valence-electron chi connectivity index (χ0n) is 13.6. The number of aliphatic hydroxyl groups is 1. The number of pyridine rings is 1. The Morgan fingerprint density at radius 1 is 1.40 bits per heavy atom. The van der Waals surface area contributed by atoms with Crippen LogP contribution in [0.2, 0.25) is 0 Å². The van der Waals surface area contributed by atoms with Gasteiger partial charge in [-0.3, -0.25) is 4.79 Å². The minimum Gasteiger partial charge on any atom is -0.387 e. The molecule has 1 aromatic carbocycles. The topological polar surface area (TPSA) is 71.7 Å². The molecule has 0 spiro atoms. The first-order chi connectivity index (χ1) is 12.1. The lowest BCUT2D eigenvalue weighted by atomic mass is 10.1. The second kappa shape index (κ2) is 7.12. The maximum absolute atomic E-state index is 11.9. The molecule has 5 heteroatoms. The fraction of sp³-hybridized carbons (Fsp3) is 0.150. The lowest BCUT2D eigenvalue weighted by Gasteiger charge is -2.17. The van der Waals surface area contributed by atoms with Crippen LogP contribution in [0.4, 0.5) is 5.69 Å². The number of aliphatic hydroxyl groups excluding tert-OH is 1. The summed E-state index contributed by atoms with van der Waals surface area (Å²) in [7, 11) is 0. The fourth-order valence-corrected chi connectivity index (χ4v) is 2.66. The van der Waals surface area contributed by atoms with Crippen LogP contribution in [0.5, 0.6) is 0 Å². The molecule has 1 N–H and O–H groups in total. The SMILES string of the molecule is CC(O)c1cc(=O)c(N=O)cn1C1=CC(c2c#cccc2)=CCC=C1. The molecule has 1 aliphatic rings. The third-order valence-corrected chi connectivity index (χ3v) is 3.89. The molecule has 1 heterocycles. The predicted molar refractivity (Wildman–Crippen MR) is 96.9 cm³/mol. The van der Waals surface area contributed by atoms with Crippen molar-refractivity contribution in [3.63, 3.8) is 0 Å². The highest BCUT2D eigenvalue weighted by molar-refractivity contribution is 5.82. The molecule has 0 saturated carbocycles. The van der Waals surface area contributed by atoms with Gasteiger partial charge in [-0.1, -0.05) is 30.4 Å². The average Bonchev–Trinajstić information content (AvgIpc) is 2.88. The largest absolute Gasteiger partial charge is 0.387 e. The molecule has 1 aromatic heterocycles. The standard InChI is InChI=1S/C20H16N2O3/c1-14(23)19-12-20(24)18(21-25)13-22(19)17-10-6-5-9-16(11-17)15-7-3-2-4-8-15/h2-3,6-7,9-14,23H,5H2,1H3. The van der Waals surface area contributed by atoms with E-state index in [4.69, 9.17) is 0 Å². The summed E-state index contributed by atoms with van der Waals surface area (Å²) in [6, 6.07) is 12.8. The van der Waals surface area contributed by atoms with Crippen LogP contribution in [0.15, 0.2) is 64.7 Å². The molecule has 0 bridgehead atoms. The van der Waals surface area contributed by atoms with Gasteiger partial charge in [0, 0.05) is 23.5 Å². The van der Waals surface area contributed by atoms with Crippen molar-refractivity contribution in [1.82, 2.24) is 4.57 Å². The predicted octanol–water partition coefficient (Wildman–Crippen LogP) is 3.78. The Balaban J connectivity index is 2.17. The molecule has 0 radical (unpaired) electrons. The first-order valence-electron chi connectivity index (χ1n) is 7.85. The summed E-state index contributed by atoms with van der Waals surface area (Å²) in [6.07, 6.45) is 9.00. The fourth-order valence-electron chi connectivity index (χ4n) is 2.66. The highest BCUT2D eigenvalue weighted by Gasteiger charge is 2.14. The van der Waals surface area contributed by atoms with E-state index in [0.29, 0.717) is 11.4 Å². The van der Waals surface area contributed by atoms with E-state index in [1.54, 1.807) is 17.6 Å². The van der Waals surface area contributed by atoms with E-state index in [0.717, 1.165) is 17.6 Å². The Bertz CT molecular complexity index is 935. The number of nitrogens with zero attached hydrogens (tertiary/aromatic N) is 2. The van der Waals surface area contributed by atoms with Gasteiger partial charge in [0.05, 0.1) is 11.8 Å². The van der Waals surface area contributed by atoms with Gasteiger partial charge in [-0.05, 0) is 48.4 Å². The van der Waals surface area contributed by atoms with Gasteiger partial charge in [-0.15, -0.1) is 4.91 Å². The molecule has 0 aliphatic heterocycles. The van der Waals surface area contributed by atoms with Gasteiger partial charge in [0.15, 0.2) is 5.69 Å². The average molecular weight is 332 g/mol. The summed E-state index contributed by atoms with van der Waals surface area (Å²) in [5.74, 6) is 0. The number of allylic oxidation sites excluding steroid dienone is 6. The van der Waals surface area contributed by atoms with Crippen LogP contribution < -0.4 is 5.43 Å². The Morgan fingerprint density at radius 2 is 2.24 bits per heavy atom. The molecule has 0 saturated heterocycles. The van der Waals surface area contributed by atoms with Crippen LogP contribution in [0.25, 0.3) is 11.3 Å². The van der Waals surface area contributed by atoms with E-state index in [1.165, 1.54) is 12.3 Å². The summed E-state index contributed by atoms with van der Waals surface area (Å²) in [5.41, 5.74) is 2.21.